The van der Waals surface area contributed by atoms with Crippen molar-refractivity contribution in [1.82, 2.24) is 10.2 Å². The number of para-hydroxylation sites is 1. The summed E-state index contributed by atoms with van der Waals surface area (Å²) < 4.78 is 10.7. The summed E-state index contributed by atoms with van der Waals surface area (Å²) >= 11 is 0. The van der Waals surface area contributed by atoms with Crippen molar-refractivity contribution >= 4 is 5.91 Å². The highest BCUT2D eigenvalue weighted by Crippen LogP contribution is 2.25. The van der Waals surface area contributed by atoms with Crippen molar-refractivity contribution in [3.8, 4) is 5.75 Å². The number of rotatable bonds is 4. The van der Waals surface area contributed by atoms with Gasteiger partial charge in [-0.2, -0.15) is 0 Å². The molecule has 0 spiro atoms. The summed E-state index contributed by atoms with van der Waals surface area (Å²) in [6.45, 7) is 3.79. The predicted octanol–water partition coefficient (Wildman–Crippen LogP) is 2.07. The Morgan fingerprint density at radius 2 is 1.87 bits per heavy atom. The molecule has 2 aliphatic rings. The van der Waals surface area contributed by atoms with Crippen molar-refractivity contribution in [1.29, 1.82) is 0 Å². The third-order valence-corrected chi connectivity index (χ3v) is 4.95. The number of benzene rings is 1. The van der Waals surface area contributed by atoms with Crippen LogP contribution in [0.1, 0.15) is 36.0 Å². The molecule has 1 aliphatic carbocycles. The number of hydrogen-bond donors (Lipinski definition) is 1. The molecule has 23 heavy (non-hydrogen) atoms. The van der Waals surface area contributed by atoms with Gasteiger partial charge in [0.05, 0.1) is 25.9 Å². The van der Waals surface area contributed by atoms with Gasteiger partial charge in [0.2, 0.25) is 0 Å². The lowest BCUT2D eigenvalue weighted by Gasteiger charge is -2.38. The highest BCUT2D eigenvalue weighted by atomic mass is 16.5. The van der Waals surface area contributed by atoms with Gasteiger partial charge in [0.15, 0.2) is 0 Å². The summed E-state index contributed by atoms with van der Waals surface area (Å²) in [5, 5.41) is 3.17. The van der Waals surface area contributed by atoms with Gasteiger partial charge in [0, 0.05) is 25.2 Å². The number of carbonyl (C=O) groups is 1. The molecule has 1 saturated carbocycles. The zero-order chi connectivity index (χ0) is 16.1. The minimum absolute atomic E-state index is 0.0303. The van der Waals surface area contributed by atoms with E-state index >= 15 is 0 Å². The summed E-state index contributed by atoms with van der Waals surface area (Å²) in [6.07, 6.45) is 4.39. The molecular weight excluding hydrogens is 292 g/mol. The Kier molecular flexibility index (Phi) is 5.51. The fourth-order valence-corrected chi connectivity index (χ4v) is 3.62. The average molecular weight is 318 g/mol. The van der Waals surface area contributed by atoms with Gasteiger partial charge in [-0.3, -0.25) is 9.69 Å². The van der Waals surface area contributed by atoms with Gasteiger partial charge in [-0.1, -0.05) is 12.1 Å². The van der Waals surface area contributed by atoms with Crippen LogP contribution in [0, 0.1) is 0 Å². The van der Waals surface area contributed by atoms with Crippen LogP contribution in [0.15, 0.2) is 24.3 Å². The fourth-order valence-electron chi connectivity index (χ4n) is 3.62. The molecule has 0 radical (unpaired) electrons. The Morgan fingerprint density at radius 3 is 2.57 bits per heavy atom. The van der Waals surface area contributed by atoms with Crippen LogP contribution in [0.25, 0.3) is 0 Å². The number of morpholine rings is 1. The van der Waals surface area contributed by atoms with Crippen molar-refractivity contribution in [2.45, 2.75) is 37.8 Å². The van der Waals surface area contributed by atoms with Crippen LogP contribution in [0.2, 0.25) is 0 Å². The van der Waals surface area contributed by atoms with E-state index in [1.165, 1.54) is 0 Å². The summed E-state index contributed by atoms with van der Waals surface area (Å²) in [6, 6.07) is 8.30. The SMILES string of the molecule is COc1ccccc1C(=O)NC1CCC(N2CCOCC2)CC1. The summed E-state index contributed by atoms with van der Waals surface area (Å²) in [4.78, 5) is 15.0. The van der Waals surface area contributed by atoms with Gasteiger partial charge in [0.1, 0.15) is 5.75 Å². The molecule has 1 saturated heterocycles. The molecule has 0 atom stereocenters. The molecule has 1 aromatic rings. The first kappa shape index (κ1) is 16.3. The van der Waals surface area contributed by atoms with E-state index in [4.69, 9.17) is 9.47 Å². The first-order valence-electron chi connectivity index (χ1n) is 8.53. The molecule has 1 N–H and O–H groups in total. The second-order valence-corrected chi connectivity index (χ2v) is 6.33. The molecule has 0 aromatic heterocycles. The molecule has 1 amide bonds. The minimum atomic E-state index is -0.0303. The zero-order valence-electron chi connectivity index (χ0n) is 13.8. The lowest BCUT2D eigenvalue weighted by atomic mass is 9.89. The summed E-state index contributed by atoms with van der Waals surface area (Å²) in [5.74, 6) is 0.601. The molecule has 0 bridgehead atoms. The molecule has 5 heteroatoms. The van der Waals surface area contributed by atoms with Gasteiger partial charge >= 0.3 is 0 Å². The first-order valence-corrected chi connectivity index (χ1v) is 8.53. The Balaban J connectivity index is 1.51. The second-order valence-electron chi connectivity index (χ2n) is 6.33. The van der Waals surface area contributed by atoms with E-state index in [-0.39, 0.29) is 11.9 Å². The molecule has 2 fully saturated rings. The van der Waals surface area contributed by atoms with E-state index in [1.54, 1.807) is 7.11 Å². The van der Waals surface area contributed by atoms with E-state index in [0.717, 1.165) is 52.0 Å². The largest absolute Gasteiger partial charge is 0.496 e. The van der Waals surface area contributed by atoms with Gasteiger partial charge in [-0.15, -0.1) is 0 Å². The molecule has 1 heterocycles. The van der Waals surface area contributed by atoms with Gasteiger partial charge in [0.25, 0.3) is 5.91 Å². The maximum Gasteiger partial charge on any atom is 0.255 e. The Labute approximate surface area is 137 Å². The van der Waals surface area contributed by atoms with Crippen molar-refractivity contribution in [3.05, 3.63) is 29.8 Å². The fraction of sp³-hybridized carbons (Fsp3) is 0.611. The maximum absolute atomic E-state index is 12.5. The Bertz CT molecular complexity index is 521. The van der Waals surface area contributed by atoms with E-state index in [0.29, 0.717) is 17.4 Å². The average Bonchev–Trinajstić information content (AvgIpc) is 2.63. The normalized spacial score (nSPS) is 25.8. The summed E-state index contributed by atoms with van der Waals surface area (Å²) in [7, 11) is 1.60. The topological polar surface area (TPSA) is 50.8 Å². The standard InChI is InChI=1S/C18H26N2O3/c1-22-17-5-3-2-4-16(17)18(21)19-14-6-8-15(9-7-14)20-10-12-23-13-11-20/h2-5,14-15H,6-13H2,1H3,(H,19,21). The highest BCUT2D eigenvalue weighted by molar-refractivity contribution is 5.97. The third-order valence-electron chi connectivity index (χ3n) is 4.95. The quantitative estimate of drug-likeness (QED) is 0.923. The first-order chi connectivity index (χ1) is 11.3. The Morgan fingerprint density at radius 1 is 1.17 bits per heavy atom. The highest BCUT2D eigenvalue weighted by Gasteiger charge is 2.28. The van der Waals surface area contributed by atoms with Crippen LogP contribution >= 0.6 is 0 Å². The number of methoxy groups -OCH3 is 1. The van der Waals surface area contributed by atoms with Crippen molar-refractivity contribution < 1.29 is 14.3 Å². The lowest BCUT2D eigenvalue weighted by molar-refractivity contribution is 0.00664. The van der Waals surface area contributed by atoms with Gasteiger partial charge in [-0.05, 0) is 37.8 Å². The molecular formula is C18H26N2O3. The van der Waals surface area contributed by atoms with E-state index in [9.17, 15) is 4.79 Å². The number of carbonyl (C=O) groups excluding carboxylic acids is 1. The number of nitrogens with zero attached hydrogens (tertiary/aromatic N) is 1. The second kappa shape index (κ2) is 7.79. The maximum atomic E-state index is 12.5. The zero-order valence-corrected chi connectivity index (χ0v) is 13.8. The molecule has 1 aromatic carbocycles. The lowest BCUT2D eigenvalue weighted by Crippen LogP contribution is -2.47. The van der Waals surface area contributed by atoms with Gasteiger partial charge < -0.3 is 14.8 Å². The summed E-state index contributed by atoms with van der Waals surface area (Å²) in [5.41, 5.74) is 0.616. The molecule has 126 valence electrons. The number of nitrogens with one attached hydrogen (secondary N) is 1. The van der Waals surface area contributed by atoms with E-state index < -0.39 is 0 Å². The smallest absolute Gasteiger partial charge is 0.255 e. The minimum Gasteiger partial charge on any atom is -0.496 e. The van der Waals surface area contributed by atoms with Crippen molar-refractivity contribution in [3.63, 3.8) is 0 Å². The van der Waals surface area contributed by atoms with Crippen molar-refractivity contribution in [2.75, 3.05) is 33.4 Å². The third kappa shape index (κ3) is 4.03. The van der Waals surface area contributed by atoms with Crippen LogP contribution in [-0.2, 0) is 4.74 Å². The number of ether oxygens (including phenoxy) is 2. The molecule has 5 nitrogen and oxygen atoms in total. The van der Waals surface area contributed by atoms with E-state index in [2.05, 4.69) is 10.2 Å². The van der Waals surface area contributed by atoms with Crippen LogP contribution in [0.5, 0.6) is 5.75 Å². The van der Waals surface area contributed by atoms with Crippen LogP contribution in [0.4, 0.5) is 0 Å². The Hall–Kier alpha value is -1.59. The number of amides is 1. The van der Waals surface area contributed by atoms with Crippen LogP contribution < -0.4 is 10.1 Å². The molecule has 1 aliphatic heterocycles. The molecule has 3 rings (SSSR count). The van der Waals surface area contributed by atoms with Crippen molar-refractivity contribution in [2.24, 2.45) is 0 Å². The van der Waals surface area contributed by atoms with Gasteiger partial charge in [-0.25, -0.2) is 0 Å². The monoisotopic (exact) mass is 318 g/mol. The predicted molar refractivity (Wildman–Crippen MR) is 88.9 cm³/mol. The van der Waals surface area contributed by atoms with Crippen LogP contribution in [-0.4, -0.2) is 56.3 Å². The van der Waals surface area contributed by atoms with E-state index in [1.807, 2.05) is 24.3 Å². The van der Waals surface area contributed by atoms with Crippen LogP contribution in [0.3, 0.4) is 0 Å². The molecule has 0 unspecified atom stereocenters. The number of hydrogen-bond acceptors (Lipinski definition) is 4.